The van der Waals surface area contributed by atoms with Gasteiger partial charge < -0.3 is 10.3 Å². The lowest BCUT2D eigenvalue weighted by Gasteiger charge is -2.07. The van der Waals surface area contributed by atoms with E-state index < -0.39 is 0 Å². The van der Waals surface area contributed by atoms with E-state index in [0.29, 0.717) is 5.65 Å². The third-order valence-electron chi connectivity index (χ3n) is 6.64. The van der Waals surface area contributed by atoms with Crippen LogP contribution in [0.2, 0.25) is 0 Å². The van der Waals surface area contributed by atoms with Crippen molar-refractivity contribution in [1.29, 1.82) is 0 Å². The van der Waals surface area contributed by atoms with Crippen LogP contribution >= 0.6 is 11.3 Å². The fraction of sp³-hybridized carbons (Fsp3) is 0.0667. The molecule has 184 valence electrons. The van der Waals surface area contributed by atoms with Crippen molar-refractivity contribution in [2.24, 2.45) is 0 Å². The Balaban J connectivity index is 1.20. The summed E-state index contributed by atoms with van der Waals surface area (Å²) in [5, 5.41) is 15.3. The number of hydrogen-bond acceptors (Lipinski definition) is 6. The molecule has 0 atom stereocenters. The zero-order valence-electron chi connectivity index (χ0n) is 20.3. The first-order chi connectivity index (χ1) is 18.8. The number of nitrogens with one attached hydrogen (secondary N) is 3. The number of thiophene rings is 1. The normalized spacial score (nSPS) is 11.5. The molecule has 1 aromatic carbocycles. The maximum absolute atomic E-state index is 4.64. The molecule has 0 aliphatic carbocycles. The first-order valence-corrected chi connectivity index (χ1v) is 13.2. The van der Waals surface area contributed by atoms with Crippen LogP contribution in [0.5, 0.6) is 0 Å². The van der Waals surface area contributed by atoms with Gasteiger partial charge >= 0.3 is 0 Å². The molecule has 0 unspecified atom stereocenters. The number of fused-ring (bicyclic) bond motifs is 2. The number of pyridine rings is 3. The summed E-state index contributed by atoms with van der Waals surface area (Å²) in [7, 11) is 0. The fourth-order valence-electron chi connectivity index (χ4n) is 4.77. The average molecular weight is 514 g/mol. The van der Waals surface area contributed by atoms with Gasteiger partial charge in [-0.15, -0.1) is 11.3 Å². The highest BCUT2D eigenvalue weighted by Crippen LogP contribution is 2.35. The summed E-state index contributed by atoms with van der Waals surface area (Å²) in [4.78, 5) is 18.3. The van der Waals surface area contributed by atoms with Gasteiger partial charge in [-0.25, -0.2) is 4.98 Å². The number of rotatable bonds is 7. The van der Waals surface area contributed by atoms with E-state index in [1.165, 1.54) is 10.4 Å². The van der Waals surface area contributed by atoms with Gasteiger partial charge in [0.25, 0.3) is 0 Å². The number of hydrogen-bond donors (Lipinski definition) is 3. The molecule has 0 spiro atoms. The van der Waals surface area contributed by atoms with E-state index in [-0.39, 0.29) is 0 Å². The van der Waals surface area contributed by atoms with E-state index in [1.807, 2.05) is 37.1 Å². The first-order valence-electron chi connectivity index (χ1n) is 12.4. The molecule has 0 fully saturated rings. The molecule has 6 aromatic heterocycles. The molecule has 7 nitrogen and oxygen atoms in total. The van der Waals surface area contributed by atoms with Crippen LogP contribution < -0.4 is 5.32 Å². The Morgan fingerprint density at radius 1 is 0.763 bits per heavy atom. The third kappa shape index (κ3) is 4.26. The molecule has 0 aliphatic heterocycles. The fourth-order valence-corrected chi connectivity index (χ4v) is 5.52. The number of benzene rings is 1. The summed E-state index contributed by atoms with van der Waals surface area (Å²) >= 11 is 1.71. The smallest absolute Gasteiger partial charge is 0.181 e. The Morgan fingerprint density at radius 3 is 2.53 bits per heavy atom. The monoisotopic (exact) mass is 513 g/mol. The molecule has 0 radical (unpaired) electrons. The Morgan fingerprint density at radius 2 is 1.63 bits per heavy atom. The number of nitrogens with zero attached hydrogens (tertiary/aromatic N) is 4. The Bertz CT molecular complexity index is 1850. The Hall–Kier alpha value is -4.66. The number of aromatic nitrogens is 6. The van der Waals surface area contributed by atoms with Crippen molar-refractivity contribution in [3.63, 3.8) is 0 Å². The maximum Gasteiger partial charge on any atom is 0.181 e. The summed E-state index contributed by atoms with van der Waals surface area (Å²) in [5.41, 5.74) is 9.02. The Labute approximate surface area is 222 Å². The molecule has 7 rings (SSSR count). The van der Waals surface area contributed by atoms with E-state index in [4.69, 9.17) is 0 Å². The standard InChI is InChI=1S/C30H23N7S/c1-2-5-19(6-3-1)12-31-13-20-9-21(15-32-14-20)22-10-24-29(36-37-30(24)34-16-22)26-11-23-25(28-7-4-8-38-28)17-33-18-27(23)35-26/h1-11,14-18,31,35H,12-13H2,(H,34,36,37). The lowest BCUT2D eigenvalue weighted by molar-refractivity contribution is 0.691. The van der Waals surface area contributed by atoms with Gasteiger partial charge in [0, 0.05) is 70.2 Å². The van der Waals surface area contributed by atoms with Crippen LogP contribution in [-0.4, -0.2) is 30.1 Å². The zero-order valence-corrected chi connectivity index (χ0v) is 21.2. The van der Waals surface area contributed by atoms with Crippen LogP contribution in [0.15, 0.2) is 97.0 Å². The largest absolute Gasteiger partial charge is 0.352 e. The van der Waals surface area contributed by atoms with Crippen molar-refractivity contribution in [2.75, 3.05) is 0 Å². The van der Waals surface area contributed by atoms with Gasteiger partial charge in [-0.05, 0) is 40.8 Å². The molecule has 8 heteroatoms. The van der Waals surface area contributed by atoms with Gasteiger partial charge in [0.05, 0.1) is 23.1 Å². The highest BCUT2D eigenvalue weighted by Gasteiger charge is 2.15. The van der Waals surface area contributed by atoms with E-state index in [2.05, 4.69) is 95.4 Å². The minimum atomic E-state index is 0.674. The predicted molar refractivity (Wildman–Crippen MR) is 153 cm³/mol. The van der Waals surface area contributed by atoms with Gasteiger partial charge in [-0.1, -0.05) is 36.4 Å². The molecule has 7 aromatic rings. The van der Waals surface area contributed by atoms with Crippen molar-refractivity contribution in [3.8, 4) is 33.0 Å². The van der Waals surface area contributed by atoms with Crippen molar-refractivity contribution in [3.05, 3.63) is 108 Å². The van der Waals surface area contributed by atoms with Crippen LogP contribution in [0, 0.1) is 0 Å². The van der Waals surface area contributed by atoms with E-state index in [9.17, 15) is 0 Å². The second-order valence-electron chi connectivity index (χ2n) is 9.17. The molecule has 3 N–H and O–H groups in total. The van der Waals surface area contributed by atoms with Gasteiger partial charge in [0.15, 0.2) is 5.65 Å². The second-order valence-corrected chi connectivity index (χ2v) is 10.1. The minimum absolute atomic E-state index is 0.674. The van der Waals surface area contributed by atoms with Crippen LogP contribution in [-0.2, 0) is 13.1 Å². The quantitative estimate of drug-likeness (QED) is 0.224. The van der Waals surface area contributed by atoms with Crippen molar-refractivity contribution < 1.29 is 0 Å². The van der Waals surface area contributed by atoms with Crippen molar-refractivity contribution in [1.82, 2.24) is 35.5 Å². The van der Waals surface area contributed by atoms with Gasteiger partial charge in [-0.3, -0.25) is 15.1 Å². The SMILES string of the molecule is c1ccc(CNCc2cncc(-c3cnc4n[nH]c(-c5cc6c(-c7cccs7)cncc6[nH]5)c4c3)c2)cc1. The van der Waals surface area contributed by atoms with Crippen LogP contribution in [0.4, 0.5) is 0 Å². The van der Waals surface area contributed by atoms with Crippen molar-refractivity contribution >= 4 is 33.3 Å². The lowest BCUT2D eigenvalue weighted by atomic mass is 10.1. The minimum Gasteiger partial charge on any atom is -0.352 e. The summed E-state index contributed by atoms with van der Waals surface area (Å²) in [6.07, 6.45) is 9.42. The van der Waals surface area contributed by atoms with Crippen LogP contribution in [0.3, 0.4) is 0 Å². The van der Waals surface area contributed by atoms with Gasteiger partial charge in [0.2, 0.25) is 0 Å². The molecular formula is C30H23N7S. The average Bonchev–Trinajstić information content (AvgIpc) is 3.73. The Kier molecular flexibility index (Phi) is 5.73. The number of aromatic amines is 2. The summed E-state index contributed by atoms with van der Waals surface area (Å²) in [6, 6.07) is 21.0. The molecule has 0 amide bonds. The molecule has 0 saturated heterocycles. The molecule has 0 aliphatic rings. The predicted octanol–water partition coefficient (Wildman–Crippen LogP) is 6.58. The molecule has 6 heterocycles. The highest BCUT2D eigenvalue weighted by atomic mass is 32.1. The maximum atomic E-state index is 4.64. The molecule has 0 bridgehead atoms. The van der Waals surface area contributed by atoms with Crippen LogP contribution in [0.1, 0.15) is 11.1 Å². The number of H-pyrrole nitrogens is 2. The first kappa shape index (κ1) is 22.5. The van der Waals surface area contributed by atoms with Crippen molar-refractivity contribution in [2.45, 2.75) is 13.1 Å². The van der Waals surface area contributed by atoms with E-state index in [1.54, 1.807) is 11.3 Å². The van der Waals surface area contributed by atoms with Gasteiger partial charge in [0.1, 0.15) is 0 Å². The lowest BCUT2D eigenvalue weighted by Crippen LogP contribution is -2.12. The molecular weight excluding hydrogens is 490 g/mol. The van der Waals surface area contributed by atoms with Gasteiger partial charge in [-0.2, -0.15) is 5.10 Å². The second kappa shape index (κ2) is 9.66. The molecule has 38 heavy (non-hydrogen) atoms. The van der Waals surface area contributed by atoms with E-state index in [0.717, 1.165) is 63.0 Å². The topological polar surface area (TPSA) is 95.2 Å². The summed E-state index contributed by atoms with van der Waals surface area (Å²) < 4.78 is 0. The van der Waals surface area contributed by atoms with E-state index >= 15 is 0 Å². The summed E-state index contributed by atoms with van der Waals surface area (Å²) in [5.74, 6) is 0. The highest BCUT2D eigenvalue weighted by molar-refractivity contribution is 7.13. The molecule has 0 saturated carbocycles. The summed E-state index contributed by atoms with van der Waals surface area (Å²) in [6.45, 7) is 1.54. The third-order valence-corrected chi connectivity index (χ3v) is 7.54. The van der Waals surface area contributed by atoms with Crippen LogP contribution in [0.25, 0.3) is 54.9 Å². The zero-order chi connectivity index (χ0) is 25.3.